The molecular weight excluding hydrogens is 488 g/mol. The van der Waals surface area contributed by atoms with Crippen LogP contribution in [0.4, 0.5) is 17.2 Å². The van der Waals surface area contributed by atoms with Crippen LogP contribution in [0.1, 0.15) is 39.2 Å². The van der Waals surface area contributed by atoms with Crippen molar-refractivity contribution in [1.29, 1.82) is 0 Å². The average Bonchev–Trinajstić information content (AvgIpc) is 2.97. The molecule has 0 aliphatic carbocycles. The third kappa shape index (κ3) is 5.38. The van der Waals surface area contributed by atoms with Gasteiger partial charge in [0.05, 0.1) is 0 Å². The van der Waals surface area contributed by atoms with Gasteiger partial charge in [-0.2, -0.15) is 0 Å². The summed E-state index contributed by atoms with van der Waals surface area (Å²) in [6, 6.07) is 31.0. The molecular formula is C32H26N4O3. The molecule has 39 heavy (non-hydrogen) atoms. The Morgan fingerprint density at radius 1 is 0.769 bits per heavy atom. The summed E-state index contributed by atoms with van der Waals surface area (Å²) in [5.41, 5.74) is 8.59. The number of hydrogen-bond donors (Lipinski definition) is 2. The number of aromatic nitrogens is 1. The predicted octanol–water partition coefficient (Wildman–Crippen LogP) is 5.86. The van der Waals surface area contributed by atoms with E-state index in [4.69, 9.17) is 5.73 Å². The van der Waals surface area contributed by atoms with Crippen LogP contribution in [0, 0.1) is 0 Å². The molecule has 1 aromatic heterocycles. The predicted molar refractivity (Wildman–Crippen MR) is 153 cm³/mol. The highest BCUT2D eigenvalue weighted by Gasteiger charge is 2.30. The molecule has 0 fully saturated rings. The molecule has 3 N–H and O–H groups in total. The molecule has 4 aromatic carbocycles. The fourth-order valence-corrected chi connectivity index (χ4v) is 4.45. The average molecular weight is 515 g/mol. The molecule has 2 amide bonds. The van der Waals surface area contributed by atoms with Crippen LogP contribution in [0.3, 0.4) is 0 Å². The van der Waals surface area contributed by atoms with Crippen molar-refractivity contribution in [3.05, 3.63) is 132 Å². The summed E-state index contributed by atoms with van der Waals surface area (Å²) in [5, 5.41) is 4.44. The molecule has 0 radical (unpaired) electrons. The van der Waals surface area contributed by atoms with Crippen molar-refractivity contribution in [3.63, 3.8) is 0 Å². The summed E-state index contributed by atoms with van der Waals surface area (Å²) in [4.78, 5) is 45.7. The van der Waals surface area contributed by atoms with Gasteiger partial charge in [-0.1, -0.05) is 66.7 Å². The Labute approximate surface area is 225 Å². The maximum absolute atomic E-state index is 14.4. The SMILES string of the molecule is CC(=O)c1cccc(N(C(=O)[C@H](NC(=O)c2ccc3ccnc(N)c3c2)c2ccccc2)c2ccccc2)c1. The van der Waals surface area contributed by atoms with Crippen molar-refractivity contribution in [2.45, 2.75) is 13.0 Å². The minimum atomic E-state index is -1.03. The van der Waals surface area contributed by atoms with Crippen LogP contribution in [-0.2, 0) is 4.79 Å². The number of nitrogens with zero attached hydrogens (tertiary/aromatic N) is 2. The smallest absolute Gasteiger partial charge is 0.258 e. The zero-order valence-electron chi connectivity index (χ0n) is 21.2. The fraction of sp³-hybridized carbons (Fsp3) is 0.0625. The molecule has 0 saturated heterocycles. The zero-order valence-corrected chi connectivity index (χ0v) is 21.2. The second kappa shape index (κ2) is 11.0. The van der Waals surface area contributed by atoms with Crippen molar-refractivity contribution in [3.8, 4) is 0 Å². The van der Waals surface area contributed by atoms with Crippen LogP contribution in [0.5, 0.6) is 0 Å². The van der Waals surface area contributed by atoms with Crippen molar-refractivity contribution in [1.82, 2.24) is 10.3 Å². The van der Waals surface area contributed by atoms with E-state index >= 15 is 0 Å². The van der Waals surface area contributed by atoms with Gasteiger partial charge in [-0.3, -0.25) is 19.3 Å². The highest BCUT2D eigenvalue weighted by Crippen LogP contribution is 2.31. The lowest BCUT2D eigenvalue weighted by molar-refractivity contribution is -0.119. The first-order valence-electron chi connectivity index (χ1n) is 12.4. The van der Waals surface area contributed by atoms with Crippen LogP contribution in [0.2, 0.25) is 0 Å². The number of carbonyl (C=O) groups excluding carboxylic acids is 3. The highest BCUT2D eigenvalue weighted by molar-refractivity contribution is 6.08. The van der Waals surface area contributed by atoms with E-state index < -0.39 is 11.9 Å². The number of hydrogen-bond acceptors (Lipinski definition) is 5. The molecule has 7 heteroatoms. The lowest BCUT2D eigenvalue weighted by atomic mass is 10.0. The summed E-state index contributed by atoms with van der Waals surface area (Å²) < 4.78 is 0. The van der Waals surface area contributed by atoms with Crippen LogP contribution in [0.25, 0.3) is 10.8 Å². The number of pyridine rings is 1. The van der Waals surface area contributed by atoms with Crippen molar-refractivity contribution in [2.75, 3.05) is 10.6 Å². The highest BCUT2D eigenvalue weighted by atomic mass is 16.2. The van der Waals surface area contributed by atoms with E-state index in [1.165, 1.54) is 11.8 Å². The first-order valence-corrected chi connectivity index (χ1v) is 12.4. The number of Topliss-reactive ketones (excluding diaryl/α,β-unsaturated/α-hetero) is 1. The number of nitrogen functional groups attached to an aromatic ring is 1. The Morgan fingerprint density at radius 2 is 1.46 bits per heavy atom. The van der Waals surface area contributed by atoms with Crippen LogP contribution in [0.15, 0.2) is 115 Å². The quantitative estimate of drug-likeness (QED) is 0.265. The normalized spacial score (nSPS) is 11.5. The molecule has 7 nitrogen and oxygen atoms in total. The third-order valence-electron chi connectivity index (χ3n) is 6.46. The number of amides is 2. The van der Waals surface area contributed by atoms with Gasteiger partial charge in [-0.25, -0.2) is 4.98 Å². The molecule has 0 unspecified atom stereocenters. The minimum absolute atomic E-state index is 0.115. The van der Waals surface area contributed by atoms with Crippen LogP contribution < -0.4 is 16.0 Å². The zero-order chi connectivity index (χ0) is 27.4. The molecule has 1 heterocycles. The Hall–Kier alpha value is -5.30. The number of nitrogens with two attached hydrogens (primary N) is 1. The Kier molecular flexibility index (Phi) is 7.14. The first-order chi connectivity index (χ1) is 18.9. The maximum atomic E-state index is 14.4. The number of rotatable bonds is 7. The number of carbonyl (C=O) groups is 3. The van der Waals surface area contributed by atoms with Gasteiger partial charge >= 0.3 is 0 Å². The number of benzene rings is 4. The summed E-state index contributed by atoms with van der Waals surface area (Å²) >= 11 is 0. The molecule has 192 valence electrons. The Bertz CT molecular complexity index is 1670. The summed E-state index contributed by atoms with van der Waals surface area (Å²) in [5.74, 6) is -0.620. The molecule has 0 bridgehead atoms. The number of anilines is 3. The van der Waals surface area contributed by atoms with E-state index in [9.17, 15) is 14.4 Å². The summed E-state index contributed by atoms with van der Waals surface area (Å²) in [6.07, 6.45) is 1.61. The number of para-hydroxylation sites is 1. The lowest BCUT2D eigenvalue weighted by Crippen LogP contribution is -2.41. The largest absolute Gasteiger partial charge is 0.383 e. The van der Waals surface area contributed by atoms with Crippen LogP contribution >= 0.6 is 0 Å². The van der Waals surface area contributed by atoms with Gasteiger partial charge in [0.2, 0.25) is 0 Å². The number of ketones is 1. The monoisotopic (exact) mass is 514 g/mol. The first kappa shape index (κ1) is 25.4. The van der Waals surface area contributed by atoms with Gasteiger partial charge in [0.1, 0.15) is 11.9 Å². The molecule has 0 spiro atoms. The molecule has 1 atom stereocenters. The summed E-state index contributed by atoms with van der Waals surface area (Å²) in [6.45, 7) is 1.48. The van der Waals surface area contributed by atoms with E-state index in [0.29, 0.717) is 39.3 Å². The minimum Gasteiger partial charge on any atom is -0.383 e. The molecule has 0 saturated carbocycles. The van der Waals surface area contributed by atoms with Crippen molar-refractivity contribution >= 4 is 45.6 Å². The van der Waals surface area contributed by atoms with Crippen LogP contribution in [-0.4, -0.2) is 22.6 Å². The molecule has 5 aromatic rings. The van der Waals surface area contributed by atoms with E-state index in [-0.39, 0.29) is 11.7 Å². The lowest BCUT2D eigenvalue weighted by Gasteiger charge is -2.29. The van der Waals surface area contributed by atoms with Gasteiger partial charge in [0.25, 0.3) is 11.8 Å². The second-order valence-corrected chi connectivity index (χ2v) is 9.06. The van der Waals surface area contributed by atoms with E-state index in [2.05, 4.69) is 10.3 Å². The fourth-order valence-electron chi connectivity index (χ4n) is 4.45. The standard InChI is InChI=1S/C32H26N4O3/c1-21(37)24-11-8-14-27(19-24)36(26-12-6-3-7-13-26)32(39)29(23-9-4-2-5-10-23)35-31(38)25-16-15-22-17-18-34-30(33)28(22)20-25/h2-20,29H,1H3,(H2,33,34)(H,35,38)/t29-/m1/s1. The Balaban J connectivity index is 1.57. The summed E-state index contributed by atoms with van der Waals surface area (Å²) in [7, 11) is 0. The van der Waals surface area contributed by atoms with Crippen molar-refractivity contribution < 1.29 is 14.4 Å². The Morgan fingerprint density at radius 3 is 2.18 bits per heavy atom. The van der Waals surface area contributed by atoms with E-state index in [1.807, 2.05) is 42.5 Å². The van der Waals surface area contributed by atoms with E-state index in [1.54, 1.807) is 72.9 Å². The maximum Gasteiger partial charge on any atom is 0.258 e. The van der Waals surface area contributed by atoms with Gasteiger partial charge in [-0.15, -0.1) is 0 Å². The van der Waals surface area contributed by atoms with Gasteiger partial charge < -0.3 is 11.1 Å². The van der Waals surface area contributed by atoms with Gasteiger partial charge in [0, 0.05) is 34.1 Å². The number of nitrogens with one attached hydrogen (secondary N) is 1. The third-order valence-corrected chi connectivity index (χ3v) is 6.46. The molecule has 0 aliphatic heterocycles. The molecule has 5 rings (SSSR count). The topological polar surface area (TPSA) is 105 Å². The van der Waals surface area contributed by atoms with Gasteiger partial charge in [0.15, 0.2) is 5.78 Å². The number of fused-ring (bicyclic) bond motifs is 1. The van der Waals surface area contributed by atoms with Crippen molar-refractivity contribution in [2.24, 2.45) is 0 Å². The van der Waals surface area contributed by atoms with E-state index in [0.717, 1.165) is 5.39 Å². The second-order valence-electron chi connectivity index (χ2n) is 9.06. The molecule has 0 aliphatic rings. The van der Waals surface area contributed by atoms with Gasteiger partial charge in [-0.05, 0) is 60.3 Å².